The lowest BCUT2D eigenvalue weighted by molar-refractivity contribution is 0.447. The van der Waals surface area contributed by atoms with Crippen LogP contribution in [-0.2, 0) is 6.54 Å². The molecule has 0 radical (unpaired) electrons. The monoisotopic (exact) mass is 259 g/mol. The first-order valence-electron chi connectivity index (χ1n) is 4.84. The predicted octanol–water partition coefficient (Wildman–Crippen LogP) is 3.04. The van der Waals surface area contributed by atoms with E-state index in [0.29, 0.717) is 11.3 Å². The number of hydrogen-bond donors (Lipinski definition) is 1. The van der Waals surface area contributed by atoms with Gasteiger partial charge in [-0.3, -0.25) is 5.10 Å². The standard InChI is InChI=1S/C10H8F3N3S/c1-2-16-9(14-15-10(16)17)5-3-6(11)8(13)7(12)4-5/h3-4H,2H2,1H3,(H,15,17). The van der Waals surface area contributed by atoms with E-state index < -0.39 is 17.5 Å². The molecule has 90 valence electrons. The number of H-pyrrole nitrogens is 1. The third kappa shape index (κ3) is 1.97. The zero-order chi connectivity index (χ0) is 12.6. The number of nitrogens with one attached hydrogen (secondary N) is 1. The van der Waals surface area contributed by atoms with Gasteiger partial charge in [0.15, 0.2) is 28.0 Å². The minimum atomic E-state index is -1.49. The van der Waals surface area contributed by atoms with Gasteiger partial charge in [0.2, 0.25) is 0 Å². The lowest BCUT2D eigenvalue weighted by Crippen LogP contribution is -2.00. The lowest BCUT2D eigenvalue weighted by Gasteiger charge is -2.04. The van der Waals surface area contributed by atoms with E-state index in [1.807, 2.05) is 6.92 Å². The van der Waals surface area contributed by atoms with Crippen LogP contribution in [-0.4, -0.2) is 14.8 Å². The summed E-state index contributed by atoms with van der Waals surface area (Å²) in [4.78, 5) is 0. The molecule has 0 fully saturated rings. The van der Waals surface area contributed by atoms with E-state index in [4.69, 9.17) is 12.2 Å². The normalized spacial score (nSPS) is 10.8. The molecule has 2 rings (SSSR count). The molecule has 2 aromatic rings. The van der Waals surface area contributed by atoms with Crippen LogP contribution in [0, 0.1) is 22.2 Å². The van der Waals surface area contributed by atoms with Gasteiger partial charge in [0.25, 0.3) is 0 Å². The van der Waals surface area contributed by atoms with Crippen molar-refractivity contribution in [3.8, 4) is 11.4 Å². The van der Waals surface area contributed by atoms with Crippen LogP contribution in [0.15, 0.2) is 12.1 Å². The minimum absolute atomic E-state index is 0.135. The molecule has 1 aromatic heterocycles. The van der Waals surface area contributed by atoms with Crippen molar-refractivity contribution in [2.45, 2.75) is 13.5 Å². The van der Waals surface area contributed by atoms with Crippen LogP contribution in [0.25, 0.3) is 11.4 Å². The molecular weight excluding hydrogens is 251 g/mol. The van der Waals surface area contributed by atoms with Crippen LogP contribution in [0.2, 0.25) is 0 Å². The van der Waals surface area contributed by atoms with Gasteiger partial charge in [-0.2, -0.15) is 5.10 Å². The first kappa shape index (κ1) is 11.8. The molecule has 17 heavy (non-hydrogen) atoms. The average molecular weight is 259 g/mol. The van der Waals surface area contributed by atoms with Gasteiger partial charge in [-0.05, 0) is 31.3 Å². The van der Waals surface area contributed by atoms with Crippen LogP contribution in [0.4, 0.5) is 13.2 Å². The molecule has 1 aromatic carbocycles. The molecule has 0 aliphatic rings. The van der Waals surface area contributed by atoms with E-state index in [2.05, 4.69) is 10.2 Å². The number of aromatic nitrogens is 3. The maximum atomic E-state index is 13.1. The van der Waals surface area contributed by atoms with Gasteiger partial charge in [0.1, 0.15) is 0 Å². The molecule has 0 unspecified atom stereocenters. The van der Waals surface area contributed by atoms with Crippen LogP contribution in [0.5, 0.6) is 0 Å². The van der Waals surface area contributed by atoms with Crippen LogP contribution in [0.3, 0.4) is 0 Å². The Labute approximate surface area is 99.9 Å². The van der Waals surface area contributed by atoms with Crippen molar-refractivity contribution < 1.29 is 13.2 Å². The smallest absolute Gasteiger partial charge is 0.195 e. The molecule has 0 amide bonds. The largest absolute Gasteiger partial charge is 0.300 e. The summed E-state index contributed by atoms with van der Waals surface area (Å²) in [5.74, 6) is -3.73. The van der Waals surface area contributed by atoms with Crippen molar-refractivity contribution >= 4 is 12.2 Å². The Morgan fingerprint density at radius 2 is 1.88 bits per heavy atom. The quantitative estimate of drug-likeness (QED) is 0.664. The van der Waals surface area contributed by atoms with Gasteiger partial charge in [-0.25, -0.2) is 13.2 Å². The number of nitrogens with zero attached hydrogens (tertiary/aromatic N) is 2. The molecule has 0 spiro atoms. The van der Waals surface area contributed by atoms with Crippen molar-refractivity contribution in [3.05, 3.63) is 34.4 Å². The Morgan fingerprint density at radius 1 is 1.29 bits per heavy atom. The maximum Gasteiger partial charge on any atom is 0.195 e. The summed E-state index contributed by atoms with van der Waals surface area (Å²) in [6.07, 6.45) is 0. The van der Waals surface area contributed by atoms with Crippen molar-refractivity contribution in [3.63, 3.8) is 0 Å². The summed E-state index contributed by atoms with van der Waals surface area (Å²) in [7, 11) is 0. The van der Waals surface area contributed by atoms with Crippen LogP contribution < -0.4 is 0 Å². The van der Waals surface area contributed by atoms with E-state index in [0.717, 1.165) is 12.1 Å². The Hall–Kier alpha value is -1.63. The minimum Gasteiger partial charge on any atom is -0.300 e. The number of benzene rings is 1. The molecule has 0 bridgehead atoms. The summed E-state index contributed by atoms with van der Waals surface area (Å²) < 4.78 is 40.9. The zero-order valence-electron chi connectivity index (χ0n) is 8.80. The second-order valence-corrected chi connectivity index (χ2v) is 3.74. The number of hydrogen-bond acceptors (Lipinski definition) is 2. The SMILES string of the molecule is CCn1c(-c2cc(F)c(F)c(F)c2)n[nH]c1=S. The predicted molar refractivity (Wildman–Crippen MR) is 58.4 cm³/mol. The van der Waals surface area contributed by atoms with Crippen molar-refractivity contribution in [1.82, 2.24) is 14.8 Å². The van der Waals surface area contributed by atoms with Gasteiger partial charge < -0.3 is 4.57 Å². The highest BCUT2D eigenvalue weighted by Gasteiger charge is 2.15. The van der Waals surface area contributed by atoms with E-state index in [1.54, 1.807) is 4.57 Å². The van der Waals surface area contributed by atoms with Crippen molar-refractivity contribution in [1.29, 1.82) is 0 Å². The average Bonchev–Trinajstić information content (AvgIpc) is 2.66. The van der Waals surface area contributed by atoms with E-state index in [-0.39, 0.29) is 11.4 Å². The third-order valence-corrected chi connectivity index (χ3v) is 2.63. The lowest BCUT2D eigenvalue weighted by atomic mass is 10.2. The fourth-order valence-electron chi connectivity index (χ4n) is 1.52. The van der Waals surface area contributed by atoms with E-state index >= 15 is 0 Å². The summed E-state index contributed by atoms with van der Waals surface area (Å²) in [6.45, 7) is 2.30. The summed E-state index contributed by atoms with van der Waals surface area (Å²) in [5, 5.41) is 6.38. The third-order valence-electron chi connectivity index (χ3n) is 2.32. The highest BCUT2D eigenvalue weighted by atomic mass is 32.1. The molecule has 0 aliphatic heterocycles. The Bertz CT molecular complexity index is 594. The van der Waals surface area contributed by atoms with Crippen molar-refractivity contribution in [2.75, 3.05) is 0 Å². The highest BCUT2D eigenvalue weighted by Crippen LogP contribution is 2.22. The molecule has 0 atom stereocenters. The molecule has 3 nitrogen and oxygen atoms in total. The summed E-state index contributed by atoms with van der Waals surface area (Å²) in [6, 6.07) is 1.77. The molecule has 1 heterocycles. The van der Waals surface area contributed by atoms with Crippen LogP contribution in [0.1, 0.15) is 6.92 Å². The molecule has 7 heteroatoms. The van der Waals surface area contributed by atoms with Gasteiger partial charge in [-0.15, -0.1) is 0 Å². The first-order valence-corrected chi connectivity index (χ1v) is 5.25. The van der Waals surface area contributed by atoms with E-state index in [9.17, 15) is 13.2 Å². The first-order chi connectivity index (χ1) is 8.04. The van der Waals surface area contributed by atoms with Gasteiger partial charge >= 0.3 is 0 Å². The van der Waals surface area contributed by atoms with E-state index in [1.165, 1.54) is 0 Å². The Morgan fingerprint density at radius 3 is 2.41 bits per heavy atom. The highest BCUT2D eigenvalue weighted by molar-refractivity contribution is 7.71. The summed E-state index contributed by atoms with van der Waals surface area (Å²) in [5.41, 5.74) is 0.135. The van der Waals surface area contributed by atoms with Crippen molar-refractivity contribution in [2.24, 2.45) is 0 Å². The number of aromatic amines is 1. The maximum absolute atomic E-state index is 13.1. The number of rotatable bonds is 2. The summed E-state index contributed by atoms with van der Waals surface area (Å²) >= 11 is 4.95. The molecular formula is C10H8F3N3S. The fraction of sp³-hybridized carbons (Fsp3) is 0.200. The second kappa shape index (κ2) is 4.33. The molecule has 0 saturated heterocycles. The zero-order valence-corrected chi connectivity index (χ0v) is 9.61. The van der Waals surface area contributed by atoms with Crippen LogP contribution >= 0.6 is 12.2 Å². The fourth-order valence-corrected chi connectivity index (χ4v) is 1.78. The molecule has 1 N–H and O–H groups in total. The van der Waals surface area contributed by atoms with Gasteiger partial charge in [0, 0.05) is 12.1 Å². The Kier molecular flexibility index (Phi) is 3.01. The second-order valence-electron chi connectivity index (χ2n) is 3.35. The molecule has 0 saturated carbocycles. The number of halogens is 3. The molecule has 0 aliphatic carbocycles. The Balaban J connectivity index is 2.65. The van der Waals surface area contributed by atoms with Gasteiger partial charge in [-0.1, -0.05) is 0 Å². The topological polar surface area (TPSA) is 33.6 Å². The van der Waals surface area contributed by atoms with Gasteiger partial charge in [0.05, 0.1) is 0 Å².